The predicted molar refractivity (Wildman–Crippen MR) is 79.5 cm³/mol. The number of hydrogen-bond acceptors (Lipinski definition) is 2. The van der Waals surface area contributed by atoms with E-state index >= 15 is 0 Å². The van der Waals surface area contributed by atoms with Gasteiger partial charge < -0.3 is 10.2 Å². The number of benzene rings is 1. The molecule has 18 heavy (non-hydrogen) atoms. The first-order chi connectivity index (χ1) is 8.72. The average Bonchev–Trinajstić information content (AvgIpc) is 2.37. The zero-order chi connectivity index (χ0) is 13.0. The molecule has 1 heterocycles. The second-order valence-electron chi connectivity index (χ2n) is 5.48. The number of anilines is 1. The third-order valence-corrected chi connectivity index (χ3v) is 3.79. The van der Waals surface area contributed by atoms with Gasteiger partial charge in [0.1, 0.15) is 0 Å². The van der Waals surface area contributed by atoms with Crippen LogP contribution in [0.1, 0.15) is 37.8 Å². The topological polar surface area (TPSA) is 15.3 Å². The van der Waals surface area contributed by atoms with E-state index in [0.29, 0.717) is 6.04 Å². The molecule has 0 spiro atoms. The van der Waals surface area contributed by atoms with Gasteiger partial charge in [0.25, 0.3) is 0 Å². The van der Waals surface area contributed by atoms with Crippen molar-refractivity contribution >= 4 is 5.69 Å². The fourth-order valence-electron chi connectivity index (χ4n) is 2.81. The molecule has 0 amide bonds. The molecule has 0 aromatic heterocycles. The predicted octanol–water partition coefficient (Wildman–Crippen LogP) is 3.14. The molecule has 1 unspecified atom stereocenters. The van der Waals surface area contributed by atoms with Gasteiger partial charge >= 0.3 is 0 Å². The normalized spacial score (nSPS) is 16.5. The zero-order valence-corrected chi connectivity index (χ0v) is 12.0. The molecule has 1 aliphatic heterocycles. The minimum Gasteiger partial charge on any atom is -0.367 e. The van der Waals surface area contributed by atoms with Gasteiger partial charge in [0, 0.05) is 24.8 Å². The van der Waals surface area contributed by atoms with Gasteiger partial charge in [0.15, 0.2) is 0 Å². The highest BCUT2D eigenvalue weighted by atomic mass is 15.2. The Morgan fingerprint density at radius 3 is 3.00 bits per heavy atom. The lowest BCUT2D eigenvalue weighted by atomic mass is 9.98. The maximum absolute atomic E-state index is 3.53. The monoisotopic (exact) mass is 246 g/mol. The standard InChI is InChI=1S/C16H26N2/c1-4-9-17-12-14(3)18-10-5-6-15-11-13(2)7-8-16(15)18/h7-8,11,14,17H,4-6,9-10,12H2,1-3H3. The maximum Gasteiger partial charge on any atom is 0.0401 e. The highest BCUT2D eigenvalue weighted by Crippen LogP contribution is 2.29. The van der Waals surface area contributed by atoms with Gasteiger partial charge in [-0.2, -0.15) is 0 Å². The first kappa shape index (κ1) is 13.4. The Labute approximate surface area is 111 Å². The summed E-state index contributed by atoms with van der Waals surface area (Å²) in [5.74, 6) is 0. The van der Waals surface area contributed by atoms with Crippen LogP contribution >= 0.6 is 0 Å². The van der Waals surface area contributed by atoms with E-state index in [4.69, 9.17) is 0 Å². The number of aryl methyl sites for hydroxylation is 2. The summed E-state index contributed by atoms with van der Waals surface area (Å²) in [6.45, 7) is 10.1. The lowest BCUT2D eigenvalue weighted by Crippen LogP contribution is -2.43. The summed E-state index contributed by atoms with van der Waals surface area (Å²) in [7, 11) is 0. The van der Waals surface area contributed by atoms with Crippen LogP contribution in [0.5, 0.6) is 0 Å². The highest BCUT2D eigenvalue weighted by Gasteiger charge is 2.20. The zero-order valence-electron chi connectivity index (χ0n) is 12.0. The van der Waals surface area contributed by atoms with Crippen LogP contribution in [0.3, 0.4) is 0 Å². The summed E-state index contributed by atoms with van der Waals surface area (Å²) in [6, 6.07) is 7.48. The van der Waals surface area contributed by atoms with Crippen LogP contribution in [0.25, 0.3) is 0 Å². The average molecular weight is 246 g/mol. The number of nitrogens with zero attached hydrogens (tertiary/aromatic N) is 1. The summed E-state index contributed by atoms with van der Waals surface area (Å²) in [5.41, 5.74) is 4.37. The van der Waals surface area contributed by atoms with Gasteiger partial charge in [-0.25, -0.2) is 0 Å². The number of fused-ring (bicyclic) bond motifs is 1. The Bertz CT molecular complexity index is 387. The summed E-state index contributed by atoms with van der Waals surface area (Å²) < 4.78 is 0. The Morgan fingerprint density at radius 2 is 2.22 bits per heavy atom. The molecule has 0 fully saturated rings. The van der Waals surface area contributed by atoms with E-state index in [1.807, 2.05) is 0 Å². The molecule has 0 saturated carbocycles. The van der Waals surface area contributed by atoms with Gasteiger partial charge in [-0.1, -0.05) is 24.6 Å². The van der Waals surface area contributed by atoms with Crippen molar-refractivity contribution in [1.29, 1.82) is 0 Å². The SMILES string of the molecule is CCCNCC(C)N1CCCc2cc(C)ccc21. The molecule has 1 aliphatic rings. The van der Waals surface area contributed by atoms with Crippen LogP contribution in [0.2, 0.25) is 0 Å². The number of hydrogen-bond donors (Lipinski definition) is 1. The molecule has 2 heteroatoms. The van der Waals surface area contributed by atoms with Gasteiger partial charge in [0.2, 0.25) is 0 Å². The Morgan fingerprint density at radius 1 is 1.39 bits per heavy atom. The molecule has 1 atom stereocenters. The molecule has 1 N–H and O–H groups in total. The molecule has 0 aliphatic carbocycles. The second-order valence-corrected chi connectivity index (χ2v) is 5.48. The molecule has 1 aromatic rings. The van der Waals surface area contributed by atoms with Crippen LogP contribution in [0.4, 0.5) is 5.69 Å². The first-order valence-corrected chi connectivity index (χ1v) is 7.29. The van der Waals surface area contributed by atoms with E-state index in [1.54, 1.807) is 0 Å². The summed E-state index contributed by atoms with van der Waals surface area (Å²) in [6.07, 6.45) is 3.74. The van der Waals surface area contributed by atoms with Gasteiger partial charge in [0.05, 0.1) is 0 Å². The lowest BCUT2D eigenvalue weighted by Gasteiger charge is -2.36. The molecule has 0 saturated heterocycles. The smallest absolute Gasteiger partial charge is 0.0401 e. The molecule has 2 nitrogen and oxygen atoms in total. The van der Waals surface area contributed by atoms with Crippen molar-refractivity contribution in [2.75, 3.05) is 24.5 Å². The molecule has 0 radical (unpaired) electrons. The van der Waals surface area contributed by atoms with E-state index in [0.717, 1.165) is 13.1 Å². The Kier molecular flexibility index (Phi) is 4.65. The van der Waals surface area contributed by atoms with Gasteiger partial charge in [-0.15, -0.1) is 0 Å². The molecule has 2 rings (SSSR count). The van der Waals surface area contributed by atoms with Crippen molar-refractivity contribution in [2.45, 2.75) is 46.1 Å². The lowest BCUT2D eigenvalue weighted by molar-refractivity contribution is 0.540. The Hall–Kier alpha value is -1.02. The van der Waals surface area contributed by atoms with Crippen molar-refractivity contribution in [1.82, 2.24) is 5.32 Å². The van der Waals surface area contributed by atoms with Crippen molar-refractivity contribution < 1.29 is 0 Å². The van der Waals surface area contributed by atoms with E-state index in [-0.39, 0.29) is 0 Å². The molecular weight excluding hydrogens is 220 g/mol. The van der Waals surface area contributed by atoms with Crippen molar-refractivity contribution in [3.8, 4) is 0 Å². The Balaban J connectivity index is 2.07. The minimum absolute atomic E-state index is 0.582. The highest BCUT2D eigenvalue weighted by molar-refractivity contribution is 5.57. The van der Waals surface area contributed by atoms with Crippen LogP contribution in [0.15, 0.2) is 18.2 Å². The largest absolute Gasteiger partial charge is 0.367 e. The second kappa shape index (κ2) is 6.24. The van der Waals surface area contributed by atoms with Crippen molar-refractivity contribution in [3.63, 3.8) is 0 Å². The first-order valence-electron chi connectivity index (χ1n) is 7.29. The third-order valence-electron chi connectivity index (χ3n) is 3.79. The van der Waals surface area contributed by atoms with Gasteiger partial charge in [-0.05, 0) is 51.3 Å². The molecule has 100 valence electrons. The molecule has 1 aromatic carbocycles. The van der Waals surface area contributed by atoms with E-state index in [1.165, 1.54) is 42.6 Å². The minimum atomic E-state index is 0.582. The van der Waals surface area contributed by atoms with Crippen molar-refractivity contribution in [3.05, 3.63) is 29.3 Å². The van der Waals surface area contributed by atoms with Crippen LogP contribution < -0.4 is 10.2 Å². The van der Waals surface area contributed by atoms with Crippen LogP contribution in [0, 0.1) is 6.92 Å². The van der Waals surface area contributed by atoms with E-state index in [9.17, 15) is 0 Å². The fraction of sp³-hybridized carbons (Fsp3) is 0.625. The van der Waals surface area contributed by atoms with E-state index in [2.05, 4.69) is 49.2 Å². The maximum atomic E-state index is 3.53. The quantitative estimate of drug-likeness (QED) is 0.803. The van der Waals surface area contributed by atoms with Crippen molar-refractivity contribution in [2.24, 2.45) is 0 Å². The molecule has 0 bridgehead atoms. The summed E-state index contributed by atoms with van der Waals surface area (Å²) in [4.78, 5) is 2.57. The third kappa shape index (κ3) is 3.05. The number of nitrogens with one attached hydrogen (secondary N) is 1. The van der Waals surface area contributed by atoms with E-state index < -0.39 is 0 Å². The fourth-order valence-corrected chi connectivity index (χ4v) is 2.81. The number of rotatable bonds is 5. The summed E-state index contributed by atoms with van der Waals surface area (Å²) >= 11 is 0. The van der Waals surface area contributed by atoms with Crippen LogP contribution in [-0.2, 0) is 6.42 Å². The summed E-state index contributed by atoms with van der Waals surface area (Å²) in [5, 5.41) is 3.53. The van der Waals surface area contributed by atoms with Gasteiger partial charge in [-0.3, -0.25) is 0 Å². The van der Waals surface area contributed by atoms with Crippen LogP contribution in [-0.4, -0.2) is 25.7 Å². The molecular formula is C16H26N2.